The quantitative estimate of drug-likeness (QED) is 0.136. The van der Waals surface area contributed by atoms with E-state index in [2.05, 4.69) is 0 Å². The van der Waals surface area contributed by atoms with Crippen LogP contribution >= 0.6 is 0 Å². The molecule has 0 bridgehead atoms. The fraction of sp³-hybridized carbons (Fsp3) is 0.129. The predicted molar refractivity (Wildman–Crippen MR) is 136 cm³/mol. The lowest BCUT2D eigenvalue weighted by Crippen LogP contribution is -2.35. The molecule has 188 valence electrons. The summed E-state index contributed by atoms with van der Waals surface area (Å²) < 4.78 is 53.5. The molecule has 0 saturated carbocycles. The zero-order valence-corrected chi connectivity index (χ0v) is 19.9. The highest BCUT2D eigenvalue weighted by Gasteiger charge is 2.41. The number of alkyl halides is 3. The van der Waals surface area contributed by atoms with Gasteiger partial charge in [0.25, 0.3) is 0 Å². The highest BCUT2D eigenvalue weighted by Crippen LogP contribution is 2.41. The van der Waals surface area contributed by atoms with Gasteiger partial charge in [-0.05, 0) is 34.9 Å². The Morgan fingerprint density at radius 1 is 0.649 bits per heavy atom. The fourth-order valence-corrected chi connectivity index (χ4v) is 4.09. The summed E-state index contributed by atoms with van der Waals surface area (Å²) in [5.41, 5.74) is 0.0604. The van der Waals surface area contributed by atoms with Gasteiger partial charge in [-0.1, -0.05) is 109 Å². The van der Waals surface area contributed by atoms with Gasteiger partial charge < -0.3 is 9.47 Å². The third-order valence-corrected chi connectivity index (χ3v) is 5.90. The molecule has 0 aromatic heterocycles. The summed E-state index contributed by atoms with van der Waals surface area (Å²) in [5, 5.41) is 0. The van der Waals surface area contributed by atoms with Crippen molar-refractivity contribution in [2.75, 3.05) is 13.2 Å². The fourth-order valence-electron chi connectivity index (χ4n) is 4.09. The van der Waals surface area contributed by atoms with Crippen LogP contribution in [-0.2, 0) is 15.1 Å². The van der Waals surface area contributed by atoms with E-state index >= 15 is 0 Å². The molecule has 4 rings (SSSR count). The Bertz CT molecular complexity index is 1210. The minimum atomic E-state index is -4.69. The molecule has 0 heterocycles. The molecular formula is C31H25F3O3. The summed E-state index contributed by atoms with van der Waals surface area (Å²) in [4.78, 5) is 12.2. The smallest absolute Gasteiger partial charge is 0.414 e. The second-order valence-electron chi connectivity index (χ2n) is 8.26. The average molecular weight is 503 g/mol. The molecule has 37 heavy (non-hydrogen) atoms. The maximum atomic E-state index is 14.1. The van der Waals surface area contributed by atoms with Gasteiger partial charge in [0.2, 0.25) is 0 Å². The maximum absolute atomic E-state index is 14.1. The maximum Gasteiger partial charge on any atom is 0.414 e. The second-order valence-corrected chi connectivity index (χ2v) is 8.26. The molecule has 0 aliphatic heterocycles. The summed E-state index contributed by atoms with van der Waals surface area (Å²) >= 11 is 0. The number of rotatable bonds is 9. The summed E-state index contributed by atoms with van der Waals surface area (Å²) in [6, 6.07) is 35.5. The van der Waals surface area contributed by atoms with Crippen molar-refractivity contribution in [3.63, 3.8) is 0 Å². The Morgan fingerprint density at radius 3 is 1.46 bits per heavy atom. The number of esters is 1. The van der Waals surface area contributed by atoms with Crippen LogP contribution in [0.3, 0.4) is 0 Å². The van der Waals surface area contributed by atoms with Crippen LogP contribution in [0.25, 0.3) is 0 Å². The number of ether oxygens (including phenoxy) is 2. The molecule has 0 unspecified atom stereocenters. The molecule has 3 nitrogen and oxygen atoms in total. The van der Waals surface area contributed by atoms with Crippen molar-refractivity contribution in [2.45, 2.75) is 11.8 Å². The van der Waals surface area contributed by atoms with Crippen molar-refractivity contribution in [3.05, 3.63) is 155 Å². The Balaban J connectivity index is 1.68. The molecule has 0 radical (unpaired) electrons. The van der Waals surface area contributed by atoms with E-state index in [4.69, 9.17) is 9.47 Å². The minimum Gasteiger partial charge on any atom is -0.458 e. The number of carbonyl (C=O) groups excluding carboxylic acids is 1. The van der Waals surface area contributed by atoms with Gasteiger partial charge in [-0.2, -0.15) is 13.2 Å². The lowest BCUT2D eigenvalue weighted by atomic mass is 9.80. The predicted octanol–water partition coefficient (Wildman–Crippen LogP) is 7.34. The number of hydrogen-bond acceptors (Lipinski definition) is 3. The monoisotopic (exact) mass is 502 g/mol. The van der Waals surface area contributed by atoms with Gasteiger partial charge in [-0.3, -0.25) is 0 Å². The molecule has 0 aliphatic carbocycles. The molecule has 0 aliphatic rings. The average Bonchev–Trinajstić information content (AvgIpc) is 2.94. The molecule has 0 amide bonds. The van der Waals surface area contributed by atoms with E-state index in [9.17, 15) is 18.0 Å². The number of hydrogen-bond donors (Lipinski definition) is 0. The van der Waals surface area contributed by atoms with E-state index in [0.29, 0.717) is 16.7 Å². The van der Waals surface area contributed by atoms with Gasteiger partial charge in [-0.15, -0.1) is 0 Å². The van der Waals surface area contributed by atoms with Crippen molar-refractivity contribution in [3.8, 4) is 0 Å². The van der Waals surface area contributed by atoms with E-state index in [1.165, 1.54) is 12.1 Å². The first-order chi connectivity index (χ1) is 17.9. The standard InChI is InChI=1S/C31H25F3O3/c32-31(33,34)28(21-22-36-29(35)24-13-5-1-6-14-24)23-37-30(25-15-7-2-8-16-25,26-17-9-3-10-18-26)27-19-11-4-12-20-27/h1-21H,22-23H2/b28-21-. The number of halogens is 3. The van der Waals surface area contributed by atoms with Gasteiger partial charge in [0, 0.05) is 0 Å². The van der Waals surface area contributed by atoms with E-state index in [0.717, 1.165) is 6.08 Å². The van der Waals surface area contributed by atoms with Crippen molar-refractivity contribution < 1.29 is 27.4 Å². The molecule has 4 aromatic rings. The molecule has 0 N–H and O–H groups in total. The summed E-state index contributed by atoms with van der Waals surface area (Å²) in [6.07, 6.45) is -3.83. The zero-order chi connectivity index (χ0) is 26.1. The van der Waals surface area contributed by atoms with Crippen molar-refractivity contribution in [1.82, 2.24) is 0 Å². The zero-order valence-electron chi connectivity index (χ0n) is 19.9. The SMILES string of the molecule is O=C(OC/C=C(/COC(c1ccccc1)(c1ccccc1)c1ccccc1)C(F)(F)F)c1ccccc1. The summed E-state index contributed by atoms with van der Waals surface area (Å²) in [6.45, 7) is -1.30. The van der Waals surface area contributed by atoms with Crippen LogP contribution in [0.5, 0.6) is 0 Å². The molecule has 4 aromatic carbocycles. The third-order valence-electron chi connectivity index (χ3n) is 5.90. The molecule has 0 atom stereocenters. The molecular weight excluding hydrogens is 477 g/mol. The van der Waals surface area contributed by atoms with E-state index in [1.54, 1.807) is 18.2 Å². The van der Waals surface area contributed by atoms with E-state index < -0.39 is 36.5 Å². The summed E-state index contributed by atoms with van der Waals surface area (Å²) in [5.74, 6) is -0.702. The largest absolute Gasteiger partial charge is 0.458 e. The van der Waals surface area contributed by atoms with Crippen LogP contribution in [0.15, 0.2) is 133 Å². The Labute approximate surface area is 213 Å². The van der Waals surface area contributed by atoms with Crippen molar-refractivity contribution in [1.29, 1.82) is 0 Å². The highest BCUT2D eigenvalue weighted by atomic mass is 19.4. The lowest BCUT2D eigenvalue weighted by Gasteiger charge is -2.36. The van der Waals surface area contributed by atoms with Crippen molar-refractivity contribution in [2.24, 2.45) is 0 Å². The van der Waals surface area contributed by atoms with Crippen LogP contribution in [-0.4, -0.2) is 25.4 Å². The van der Waals surface area contributed by atoms with Crippen LogP contribution in [0.1, 0.15) is 27.0 Å². The number of carbonyl (C=O) groups is 1. The second kappa shape index (κ2) is 11.7. The first-order valence-corrected chi connectivity index (χ1v) is 11.7. The van der Waals surface area contributed by atoms with Crippen LogP contribution < -0.4 is 0 Å². The first kappa shape index (κ1) is 25.9. The van der Waals surface area contributed by atoms with Gasteiger partial charge in [0.1, 0.15) is 12.2 Å². The van der Waals surface area contributed by atoms with E-state index in [1.807, 2.05) is 91.0 Å². The molecule has 0 spiro atoms. The van der Waals surface area contributed by atoms with Crippen LogP contribution in [0, 0.1) is 0 Å². The van der Waals surface area contributed by atoms with Crippen LogP contribution in [0.2, 0.25) is 0 Å². The first-order valence-electron chi connectivity index (χ1n) is 11.7. The van der Waals surface area contributed by atoms with E-state index in [-0.39, 0.29) is 5.56 Å². The molecule has 6 heteroatoms. The van der Waals surface area contributed by atoms with Gasteiger partial charge in [0.15, 0.2) is 0 Å². The Morgan fingerprint density at radius 2 is 1.05 bits per heavy atom. The highest BCUT2D eigenvalue weighted by molar-refractivity contribution is 5.89. The van der Waals surface area contributed by atoms with Crippen LogP contribution in [0.4, 0.5) is 13.2 Å². The molecule has 0 saturated heterocycles. The Hall–Kier alpha value is -4.16. The van der Waals surface area contributed by atoms with Gasteiger partial charge in [0.05, 0.1) is 17.7 Å². The third kappa shape index (κ3) is 6.16. The van der Waals surface area contributed by atoms with Gasteiger partial charge in [-0.25, -0.2) is 4.79 Å². The lowest BCUT2D eigenvalue weighted by molar-refractivity contribution is -0.107. The minimum absolute atomic E-state index is 0.261. The van der Waals surface area contributed by atoms with Gasteiger partial charge >= 0.3 is 12.1 Å². The molecule has 0 fully saturated rings. The Kier molecular flexibility index (Phi) is 8.21. The topological polar surface area (TPSA) is 35.5 Å². The normalized spacial score (nSPS) is 12.2. The summed E-state index contributed by atoms with van der Waals surface area (Å²) in [7, 11) is 0. The number of benzene rings is 4. The van der Waals surface area contributed by atoms with Crippen molar-refractivity contribution >= 4 is 5.97 Å².